The average molecular weight is 428 g/mol. The standard InChI is InChI=1S/C24H27ClFN3O/c1-16-22(24(30)27-19-8-4-2-3-5-9-19)28-29(21-11-7-6-10-20(21)25)23(16)17-12-14-18(26)15-13-17/h6-7,10-16,19,23H,2-5,8-9H2,1H3,(H,27,30)/t16-,23+/m1/s1. The number of hydrogen-bond acceptors (Lipinski definition) is 3. The minimum absolute atomic E-state index is 0.115. The van der Waals surface area contributed by atoms with Gasteiger partial charge in [0.1, 0.15) is 11.5 Å². The van der Waals surface area contributed by atoms with E-state index in [4.69, 9.17) is 16.7 Å². The van der Waals surface area contributed by atoms with Gasteiger partial charge < -0.3 is 5.32 Å². The Balaban J connectivity index is 1.65. The second kappa shape index (κ2) is 9.17. The van der Waals surface area contributed by atoms with Gasteiger partial charge in [-0.2, -0.15) is 5.10 Å². The summed E-state index contributed by atoms with van der Waals surface area (Å²) in [5.74, 6) is -0.575. The van der Waals surface area contributed by atoms with Crippen LogP contribution in [-0.2, 0) is 4.79 Å². The summed E-state index contributed by atoms with van der Waals surface area (Å²) < 4.78 is 13.5. The maximum absolute atomic E-state index is 13.5. The summed E-state index contributed by atoms with van der Waals surface area (Å²) in [6, 6.07) is 13.8. The van der Waals surface area contributed by atoms with Gasteiger partial charge in [-0.3, -0.25) is 9.80 Å². The lowest BCUT2D eigenvalue weighted by Crippen LogP contribution is -2.40. The van der Waals surface area contributed by atoms with Crippen molar-refractivity contribution in [2.24, 2.45) is 11.0 Å². The number of hydrogen-bond donors (Lipinski definition) is 1. The summed E-state index contributed by atoms with van der Waals surface area (Å²) in [6.45, 7) is 2.00. The fraction of sp³-hybridized carbons (Fsp3) is 0.417. The minimum Gasteiger partial charge on any atom is -0.348 e. The zero-order chi connectivity index (χ0) is 21.1. The highest BCUT2D eigenvalue weighted by Crippen LogP contribution is 2.41. The summed E-state index contributed by atoms with van der Waals surface area (Å²) in [6.07, 6.45) is 6.80. The summed E-state index contributed by atoms with van der Waals surface area (Å²) in [5, 5.41) is 10.3. The summed E-state index contributed by atoms with van der Waals surface area (Å²) >= 11 is 6.46. The number of hydrazone groups is 1. The first-order valence-corrected chi connectivity index (χ1v) is 11.1. The number of nitrogens with one attached hydrogen (secondary N) is 1. The first-order chi connectivity index (χ1) is 14.5. The van der Waals surface area contributed by atoms with Crippen LogP contribution in [0.4, 0.5) is 10.1 Å². The van der Waals surface area contributed by atoms with Crippen molar-refractivity contribution < 1.29 is 9.18 Å². The van der Waals surface area contributed by atoms with E-state index in [1.54, 1.807) is 12.1 Å². The highest BCUT2D eigenvalue weighted by molar-refractivity contribution is 6.40. The molecule has 2 aliphatic rings. The number of carbonyl (C=O) groups excluding carboxylic acids is 1. The SMILES string of the molecule is C[C@@H]1C(C(=O)NC2CCCCCC2)=NN(c2ccccc2Cl)[C@@H]1c1ccc(F)cc1. The Morgan fingerprint density at radius 2 is 1.73 bits per heavy atom. The van der Waals surface area contributed by atoms with Crippen molar-refractivity contribution in [1.82, 2.24) is 5.32 Å². The Bertz CT molecular complexity index is 922. The minimum atomic E-state index is -0.291. The number of amides is 1. The Hall–Kier alpha value is -2.40. The maximum Gasteiger partial charge on any atom is 0.268 e. The predicted molar refractivity (Wildman–Crippen MR) is 119 cm³/mol. The number of para-hydroxylation sites is 1. The van der Waals surface area contributed by atoms with Crippen molar-refractivity contribution >= 4 is 28.9 Å². The fourth-order valence-electron chi connectivity index (χ4n) is 4.50. The molecule has 4 rings (SSSR count). The van der Waals surface area contributed by atoms with Crippen molar-refractivity contribution in [2.45, 2.75) is 57.5 Å². The molecule has 1 amide bonds. The molecular weight excluding hydrogens is 401 g/mol. The molecule has 0 radical (unpaired) electrons. The van der Waals surface area contributed by atoms with Gasteiger partial charge in [-0.25, -0.2) is 4.39 Å². The van der Waals surface area contributed by atoms with Crippen LogP contribution in [0.3, 0.4) is 0 Å². The average Bonchev–Trinajstić information content (AvgIpc) is 2.89. The molecule has 1 aliphatic heterocycles. The van der Waals surface area contributed by atoms with E-state index in [1.807, 2.05) is 36.2 Å². The first-order valence-electron chi connectivity index (χ1n) is 10.7. The van der Waals surface area contributed by atoms with Crippen LogP contribution in [0.15, 0.2) is 53.6 Å². The molecule has 158 valence electrons. The summed E-state index contributed by atoms with van der Waals surface area (Å²) in [7, 11) is 0. The number of carbonyl (C=O) groups is 1. The van der Waals surface area contributed by atoms with Gasteiger partial charge in [0.25, 0.3) is 5.91 Å². The molecule has 2 aromatic carbocycles. The van der Waals surface area contributed by atoms with E-state index < -0.39 is 0 Å². The molecule has 1 fully saturated rings. The van der Waals surface area contributed by atoms with E-state index in [9.17, 15) is 9.18 Å². The molecule has 0 saturated heterocycles. The predicted octanol–water partition coefficient (Wildman–Crippen LogP) is 5.87. The lowest BCUT2D eigenvalue weighted by molar-refractivity contribution is -0.115. The fourth-order valence-corrected chi connectivity index (χ4v) is 4.72. The zero-order valence-corrected chi connectivity index (χ0v) is 17.9. The van der Waals surface area contributed by atoms with Crippen molar-refractivity contribution in [2.75, 3.05) is 5.01 Å². The third kappa shape index (κ3) is 4.36. The Kier molecular flexibility index (Phi) is 6.38. The molecule has 0 unspecified atom stereocenters. The van der Waals surface area contributed by atoms with Crippen LogP contribution >= 0.6 is 11.6 Å². The third-order valence-corrected chi connectivity index (χ3v) is 6.44. The normalized spacial score (nSPS) is 22.5. The Morgan fingerprint density at radius 3 is 2.40 bits per heavy atom. The number of nitrogens with zero attached hydrogens (tertiary/aromatic N) is 2. The molecule has 1 aliphatic carbocycles. The number of rotatable bonds is 4. The smallest absolute Gasteiger partial charge is 0.268 e. The number of anilines is 1. The van der Waals surface area contributed by atoms with Gasteiger partial charge in [-0.1, -0.05) is 68.5 Å². The van der Waals surface area contributed by atoms with E-state index in [0.29, 0.717) is 10.7 Å². The van der Waals surface area contributed by atoms with Gasteiger partial charge in [0.15, 0.2) is 0 Å². The molecule has 0 spiro atoms. The Labute approximate surface area is 182 Å². The maximum atomic E-state index is 13.5. The molecule has 1 heterocycles. The quantitative estimate of drug-likeness (QED) is 0.620. The topological polar surface area (TPSA) is 44.7 Å². The van der Waals surface area contributed by atoms with E-state index in [0.717, 1.165) is 36.9 Å². The molecule has 4 nitrogen and oxygen atoms in total. The van der Waals surface area contributed by atoms with Gasteiger partial charge >= 0.3 is 0 Å². The van der Waals surface area contributed by atoms with E-state index in [1.165, 1.54) is 25.0 Å². The van der Waals surface area contributed by atoms with Gasteiger partial charge in [-0.15, -0.1) is 0 Å². The van der Waals surface area contributed by atoms with E-state index in [2.05, 4.69) is 5.32 Å². The molecule has 1 N–H and O–H groups in total. The van der Waals surface area contributed by atoms with Gasteiger partial charge in [0.05, 0.1) is 16.8 Å². The van der Waals surface area contributed by atoms with Crippen LogP contribution in [0.2, 0.25) is 5.02 Å². The molecule has 2 aromatic rings. The van der Waals surface area contributed by atoms with Crippen LogP contribution in [0, 0.1) is 11.7 Å². The zero-order valence-electron chi connectivity index (χ0n) is 17.2. The second-order valence-corrected chi connectivity index (χ2v) is 8.64. The molecule has 6 heteroatoms. The van der Waals surface area contributed by atoms with Gasteiger partial charge in [0, 0.05) is 12.0 Å². The molecule has 1 saturated carbocycles. The molecule has 0 aromatic heterocycles. The molecular formula is C24H27ClFN3O. The molecule has 30 heavy (non-hydrogen) atoms. The largest absolute Gasteiger partial charge is 0.348 e. The van der Waals surface area contributed by atoms with Crippen LogP contribution in [0.25, 0.3) is 0 Å². The lowest BCUT2D eigenvalue weighted by Gasteiger charge is -2.27. The highest BCUT2D eigenvalue weighted by Gasteiger charge is 2.40. The third-order valence-electron chi connectivity index (χ3n) is 6.12. The second-order valence-electron chi connectivity index (χ2n) is 8.23. The lowest BCUT2D eigenvalue weighted by atomic mass is 9.90. The summed E-state index contributed by atoms with van der Waals surface area (Å²) in [5.41, 5.74) is 2.12. The molecule has 2 atom stereocenters. The monoisotopic (exact) mass is 427 g/mol. The van der Waals surface area contributed by atoms with Crippen molar-refractivity contribution in [1.29, 1.82) is 0 Å². The van der Waals surface area contributed by atoms with Crippen LogP contribution in [0.1, 0.15) is 57.1 Å². The van der Waals surface area contributed by atoms with Crippen molar-refractivity contribution in [3.05, 3.63) is 64.9 Å². The van der Waals surface area contributed by atoms with Crippen molar-refractivity contribution in [3.63, 3.8) is 0 Å². The van der Waals surface area contributed by atoms with Crippen LogP contribution in [0.5, 0.6) is 0 Å². The highest BCUT2D eigenvalue weighted by atomic mass is 35.5. The van der Waals surface area contributed by atoms with Crippen LogP contribution < -0.4 is 10.3 Å². The number of halogens is 2. The first kappa shape index (κ1) is 20.9. The number of benzene rings is 2. The van der Waals surface area contributed by atoms with Crippen LogP contribution in [-0.4, -0.2) is 17.7 Å². The Morgan fingerprint density at radius 1 is 1.07 bits per heavy atom. The van der Waals surface area contributed by atoms with E-state index >= 15 is 0 Å². The van der Waals surface area contributed by atoms with Gasteiger partial charge in [-0.05, 0) is 42.7 Å². The summed E-state index contributed by atoms with van der Waals surface area (Å²) in [4.78, 5) is 13.2. The van der Waals surface area contributed by atoms with Gasteiger partial charge in [0.2, 0.25) is 0 Å². The molecule has 0 bridgehead atoms. The van der Waals surface area contributed by atoms with Crippen molar-refractivity contribution in [3.8, 4) is 0 Å². The van der Waals surface area contributed by atoms with E-state index in [-0.39, 0.29) is 29.7 Å².